The van der Waals surface area contributed by atoms with Crippen LogP contribution >= 0.6 is 11.6 Å². The van der Waals surface area contributed by atoms with Gasteiger partial charge in [-0.15, -0.1) is 0 Å². The topological polar surface area (TPSA) is 61.1 Å². The predicted molar refractivity (Wildman–Crippen MR) is 81.9 cm³/mol. The lowest BCUT2D eigenvalue weighted by atomic mass is 10.0. The first-order valence-corrected chi connectivity index (χ1v) is 8.36. The molecule has 21 heavy (non-hydrogen) atoms. The van der Waals surface area contributed by atoms with E-state index in [0.717, 1.165) is 17.3 Å². The maximum Gasteiger partial charge on any atom is 0.327 e. The van der Waals surface area contributed by atoms with Gasteiger partial charge in [0.1, 0.15) is 5.02 Å². The Morgan fingerprint density at radius 2 is 1.90 bits per heavy atom. The van der Waals surface area contributed by atoms with Crippen LogP contribution in [0.2, 0.25) is 5.02 Å². The van der Waals surface area contributed by atoms with Crippen molar-refractivity contribution in [1.82, 2.24) is 0 Å². The van der Waals surface area contributed by atoms with Crippen molar-refractivity contribution in [3.05, 3.63) is 63.4 Å². The lowest BCUT2D eigenvalue weighted by Crippen LogP contribution is -2.35. The van der Waals surface area contributed by atoms with Gasteiger partial charge in [0.15, 0.2) is 6.20 Å². The molecule has 0 saturated heterocycles. The molecule has 0 amide bonds. The highest BCUT2D eigenvalue weighted by Gasteiger charge is 2.35. The van der Waals surface area contributed by atoms with Crippen LogP contribution in [0.5, 0.6) is 0 Å². The normalized spacial score (nSPS) is 13.1. The fourth-order valence-corrected chi connectivity index (χ4v) is 4.30. The molecule has 1 heterocycles. The molecule has 0 radical (unpaired) electrons. The summed E-state index contributed by atoms with van der Waals surface area (Å²) in [5.74, 6) is 0. The van der Waals surface area contributed by atoms with Crippen LogP contribution in [0.25, 0.3) is 0 Å². The molecular formula is C15H16ClNO3S. The number of pyridine rings is 1. The van der Waals surface area contributed by atoms with E-state index in [1.54, 1.807) is 6.92 Å². The molecule has 2 rings (SSSR count). The highest BCUT2D eigenvalue weighted by Crippen LogP contribution is 2.32. The van der Waals surface area contributed by atoms with Crippen molar-refractivity contribution in [3.8, 4) is 0 Å². The molecule has 0 aliphatic rings. The number of hydrogen-bond donors (Lipinski definition) is 0. The molecule has 6 heteroatoms. The quantitative estimate of drug-likeness (QED) is 0.643. The standard InChI is InChI=1S/C15H16ClNO3S/c1-10-6-7-11(2)13(9-10)12(3)21(19,20)15-14(16)5-4-8-17(15)18/h4-9,12H,1-3H3. The minimum atomic E-state index is -3.87. The minimum Gasteiger partial charge on any atom is -0.618 e. The van der Waals surface area contributed by atoms with Crippen molar-refractivity contribution in [1.29, 1.82) is 0 Å². The van der Waals surface area contributed by atoms with Gasteiger partial charge in [0.2, 0.25) is 9.84 Å². The molecule has 1 aromatic carbocycles. The first-order valence-electron chi connectivity index (χ1n) is 6.44. The molecule has 0 aliphatic carbocycles. The van der Waals surface area contributed by atoms with E-state index in [-0.39, 0.29) is 5.02 Å². The molecule has 2 aromatic rings. The highest BCUT2D eigenvalue weighted by atomic mass is 35.5. The van der Waals surface area contributed by atoms with Gasteiger partial charge < -0.3 is 5.21 Å². The van der Waals surface area contributed by atoms with Crippen LogP contribution < -0.4 is 4.73 Å². The first kappa shape index (κ1) is 15.8. The van der Waals surface area contributed by atoms with Crippen molar-refractivity contribution in [2.24, 2.45) is 0 Å². The fourth-order valence-electron chi connectivity index (χ4n) is 2.24. The molecule has 0 N–H and O–H groups in total. The summed E-state index contributed by atoms with van der Waals surface area (Å²) in [6, 6.07) is 8.43. The monoisotopic (exact) mass is 325 g/mol. The Morgan fingerprint density at radius 1 is 1.24 bits per heavy atom. The van der Waals surface area contributed by atoms with E-state index < -0.39 is 20.1 Å². The Kier molecular flexibility index (Phi) is 4.25. The molecule has 0 bridgehead atoms. The third-order valence-electron chi connectivity index (χ3n) is 3.48. The summed E-state index contributed by atoms with van der Waals surface area (Å²) in [4.78, 5) is 0. The van der Waals surface area contributed by atoms with E-state index >= 15 is 0 Å². The maximum atomic E-state index is 12.7. The van der Waals surface area contributed by atoms with Crippen molar-refractivity contribution in [2.75, 3.05) is 0 Å². The van der Waals surface area contributed by atoms with Gasteiger partial charge >= 0.3 is 5.03 Å². The third-order valence-corrected chi connectivity index (χ3v) is 6.02. The van der Waals surface area contributed by atoms with Crippen LogP contribution in [0.3, 0.4) is 0 Å². The summed E-state index contributed by atoms with van der Waals surface area (Å²) in [5.41, 5.74) is 2.50. The van der Waals surface area contributed by atoms with E-state index in [2.05, 4.69) is 0 Å². The van der Waals surface area contributed by atoms with Gasteiger partial charge in [-0.05, 0) is 38.0 Å². The van der Waals surface area contributed by atoms with Crippen LogP contribution in [-0.2, 0) is 9.84 Å². The van der Waals surface area contributed by atoms with Gasteiger partial charge in [0, 0.05) is 6.07 Å². The van der Waals surface area contributed by atoms with Crippen LogP contribution in [0.1, 0.15) is 28.9 Å². The summed E-state index contributed by atoms with van der Waals surface area (Å²) >= 11 is 5.92. The SMILES string of the molecule is Cc1ccc(C)c(C(C)S(=O)(=O)c2c(Cl)ccc[n+]2[O-])c1. The Hall–Kier alpha value is -1.59. The number of nitrogens with zero attached hydrogens (tertiary/aromatic N) is 1. The molecule has 4 nitrogen and oxygen atoms in total. The van der Waals surface area contributed by atoms with Crippen molar-refractivity contribution < 1.29 is 13.1 Å². The lowest BCUT2D eigenvalue weighted by molar-refractivity contribution is -0.646. The van der Waals surface area contributed by atoms with Crippen molar-refractivity contribution in [2.45, 2.75) is 31.0 Å². The number of halogens is 1. The van der Waals surface area contributed by atoms with Crippen LogP contribution in [0.15, 0.2) is 41.6 Å². The molecule has 1 atom stereocenters. The van der Waals surface area contributed by atoms with Gasteiger partial charge in [0.25, 0.3) is 0 Å². The minimum absolute atomic E-state index is 0.0651. The zero-order valence-corrected chi connectivity index (χ0v) is 13.6. The van der Waals surface area contributed by atoms with Gasteiger partial charge in [0.05, 0.1) is 5.25 Å². The van der Waals surface area contributed by atoms with E-state index in [1.165, 1.54) is 12.1 Å². The number of aromatic nitrogens is 1. The Morgan fingerprint density at radius 3 is 2.52 bits per heavy atom. The first-order chi connectivity index (χ1) is 9.75. The Bertz CT molecular complexity index is 767. The number of rotatable bonds is 3. The largest absolute Gasteiger partial charge is 0.618 e. The summed E-state index contributed by atoms with van der Waals surface area (Å²) in [6.07, 6.45) is 1.13. The second-order valence-corrected chi connectivity index (χ2v) is 7.63. The average molecular weight is 326 g/mol. The fraction of sp³-hybridized carbons (Fsp3) is 0.267. The molecule has 0 aliphatic heterocycles. The molecule has 0 fully saturated rings. The number of benzene rings is 1. The van der Waals surface area contributed by atoms with E-state index in [0.29, 0.717) is 10.3 Å². The Balaban J connectivity index is 2.61. The summed E-state index contributed by atoms with van der Waals surface area (Å²) in [6.45, 7) is 5.31. The smallest absolute Gasteiger partial charge is 0.327 e. The van der Waals surface area contributed by atoms with Gasteiger partial charge in [-0.25, -0.2) is 8.42 Å². The maximum absolute atomic E-state index is 12.7. The van der Waals surface area contributed by atoms with E-state index in [4.69, 9.17) is 11.6 Å². The zero-order chi connectivity index (χ0) is 15.8. The molecule has 1 unspecified atom stereocenters. The van der Waals surface area contributed by atoms with Crippen LogP contribution in [0, 0.1) is 19.1 Å². The molecule has 112 valence electrons. The van der Waals surface area contributed by atoms with Crippen molar-refractivity contribution in [3.63, 3.8) is 0 Å². The van der Waals surface area contributed by atoms with E-state index in [9.17, 15) is 13.6 Å². The second-order valence-electron chi connectivity index (χ2n) is 5.03. The lowest BCUT2D eigenvalue weighted by Gasteiger charge is -2.16. The number of aryl methyl sites for hydroxylation is 2. The van der Waals surface area contributed by atoms with Gasteiger partial charge in [-0.1, -0.05) is 35.4 Å². The predicted octanol–water partition coefficient (Wildman–Crippen LogP) is 3.13. The average Bonchev–Trinajstić information content (AvgIpc) is 2.40. The summed E-state index contributed by atoms with van der Waals surface area (Å²) in [7, 11) is -3.87. The highest BCUT2D eigenvalue weighted by molar-refractivity contribution is 7.91. The zero-order valence-electron chi connectivity index (χ0n) is 12.0. The second kappa shape index (κ2) is 5.66. The van der Waals surface area contributed by atoms with E-state index in [1.807, 2.05) is 32.0 Å². The van der Waals surface area contributed by atoms with Gasteiger partial charge in [-0.3, -0.25) is 0 Å². The number of sulfone groups is 1. The molecular weight excluding hydrogens is 310 g/mol. The molecule has 1 aromatic heterocycles. The van der Waals surface area contributed by atoms with Crippen LogP contribution in [0.4, 0.5) is 0 Å². The molecule has 0 saturated carbocycles. The Labute approximate surface area is 129 Å². The third kappa shape index (κ3) is 2.89. The van der Waals surface area contributed by atoms with Gasteiger partial charge in [-0.2, -0.15) is 4.73 Å². The summed E-state index contributed by atoms with van der Waals surface area (Å²) < 4.78 is 25.8. The number of hydrogen-bond acceptors (Lipinski definition) is 3. The molecule has 0 spiro atoms. The van der Waals surface area contributed by atoms with Crippen molar-refractivity contribution >= 4 is 21.4 Å². The van der Waals surface area contributed by atoms with Crippen LogP contribution in [-0.4, -0.2) is 8.42 Å². The summed E-state index contributed by atoms with van der Waals surface area (Å²) in [5, 5.41) is 10.5.